The van der Waals surface area contributed by atoms with E-state index in [4.69, 9.17) is 0 Å². The van der Waals surface area contributed by atoms with Gasteiger partial charge in [-0.1, -0.05) is 32.4 Å². The third kappa shape index (κ3) is 2.26. The number of H-pyrrole nitrogens is 1. The fourth-order valence-electron chi connectivity index (χ4n) is 2.16. The zero-order valence-corrected chi connectivity index (χ0v) is 10.7. The maximum atomic E-state index is 12.2. The van der Waals surface area contributed by atoms with Gasteiger partial charge in [-0.25, -0.2) is 0 Å². The van der Waals surface area contributed by atoms with Crippen LogP contribution in [0, 0.1) is 12.8 Å². The molecule has 1 unspecified atom stereocenters. The van der Waals surface area contributed by atoms with Crippen LogP contribution in [0.1, 0.15) is 42.6 Å². The molecule has 0 spiro atoms. The molecule has 0 radical (unpaired) electrons. The first-order valence-electron chi connectivity index (χ1n) is 6.23. The van der Waals surface area contributed by atoms with Gasteiger partial charge in [0, 0.05) is 29.1 Å². The van der Waals surface area contributed by atoms with Crippen molar-refractivity contribution >= 4 is 16.7 Å². The molecular formula is C15H19NO. The Morgan fingerprint density at radius 2 is 2.18 bits per heavy atom. The zero-order chi connectivity index (χ0) is 12.4. The van der Waals surface area contributed by atoms with Crippen LogP contribution in [0.15, 0.2) is 24.4 Å². The lowest BCUT2D eigenvalue weighted by molar-refractivity contribution is 0.0965. The van der Waals surface area contributed by atoms with Crippen molar-refractivity contribution in [1.29, 1.82) is 0 Å². The molecular weight excluding hydrogens is 210 g/mol. The molecule has 2 heteroatoms. The van der Waals surface area contributed by atoms with E-state index in [1.165, 1.54) is 0 Å². The smallest absolute Gasteiger partial charge is 0.165 e. The number of nitrogens with one attached hydrogen (secondary N) is 1. The molecule has 1 N–H and O–H groups in total. The van der Waals surface area contributed by atoms with Crippen molar-refractivity contribution in [1.82, 2.24) is 4.98 Å². The molecule has 0 aliphatic rings. The summed E-state index contributed by atoms with van der Waals surface area (Å²) in [5, 5.41) is 1.08. The molecule has 2 nitrogen and oxygen atoms in total. The highest BCUT2D eigenvalue weighted by atomic mass is 16.1. The van der Waals surface area contributed by atoms with Gasteiger partial charge in [-0.15, -0.1) is 0 Å². The van der Waals surface area contributed by atoms with E-state index in [-0.39, 0.29) is 5.78 Å². The third-order valence-corrected chi connectivity index (χ3v) is 3.45. The molecule has 2 aromatic rings. The number of aryl methyl sites for hydroxylation is 1. The van der Waals surface area contributed by atoms with E-state index >= 15 is 0 Å². The summed E-state index contributed by atoms with van der Waals surface area (Å²) in [5.41, 5.74) is 3.06. The number of hydrogen-bond acceptors (Lipinski definition) is 1. The summed E-state index contributed by atoms with van der Waals surface area (Å²) in [4.78, 5) is 15.4. The molecule has 0 aliphatic carbocycles. The predicted molar refractivity (Wildman–Crippen MR) is 71.4 cm³/mol. The van der Waals surface area contributed by atoms with Gasteiger partial charge in [-0.3, -0.25) is 4.79 Å². The molecule has 0 saturated heterocycles. The molecule has 0 aliphatic heterocycles. The zero-order valence-electron chi connectivity index (χ0n) is 10.7. The molecule has 1 aromatic carbocycles. The van der Waals surface area contributed by atoms with E-state index in [9.17, 15) is 4.79 Å². The number of carbonyl (C=O) groups excluding carboxylic acids is 1. The Bertz CT molecular complexity index is 539. The SMILES string of the molecule is CCC(C)CC(=O)c1c[nH]c2cccc(C)c12. The van der Waals surface area contributed by atoms with Gasteiger partial charge < -0.3 is 4.98 Å². The average molecular weight is 229 g/mol. The lowest BCUT2D eigenvalue weighted by Crippen LogP contribution is -2.05. The first-order chi connectivity index (χ1) is 8.13. The lowest BCUT2D eigenvalue weighted by Gasteiger charge is -2.07. The second-order valence-corrected chi connectivity index (χ2v) is 4.84. The highest BCUT2D eigenvalue weighted by molar-refractivity contribution is 6.08. The van der Waals surface area contributed by atoms with E-state index in [0.29, 0.717) is 12.3 Å². The topological polar surface area (TPSA) is 32.9 Å². The van der Waals surface area contributed by atoms with Crippen molar-refractivity contribution < 1.29 is 4.79 Å². The van der Waals surface area contributed by atoms with Crippen LogP contribution >= 0.6 is 0 Å². The number of carbonyl (C=O) groups is 1. The monoisotopic (exact) mass is 229 g/mol. The largest absolute Gasteiger partial charge is 0.360 e. The Morgan fingerprint density at radius 1 is 1.41 bits per heavy atom. The van der Waals surface area contributed by atoms with Crippen LogP contribution in [0.25, 0.3) is 10.9 Å². The number of aromatic amines is 1. The Balaban J connectivity index is 2.39. The number of Topliss-reactive ketones (excluding diaryl/α,β-unsaturated/α-hetero) is 1. The number of fused-ring (bicyclic) bond motifs is 1. The fraction of sp³-hybridized carbons (Fsp3) is 0.400. The number of ketones is 1. The molecule has 17 heavy (non-hydrogen) atoms. The molecule has 0 fully saturated rings. The summed E-state index contributed by atoms with van der Waals surface area (Å²) in [6.07, 6.45) is 3.53. The molecule has 2 rings (SSSR count). The predicted octanol–water partition coefficient (Wildman–Crippen LogP) is 4.10. The van der Waals surface area contributed by atoms with Gasteiger partial charge in [0.2, 0.25) is 0 Å². The second kappa shape index (κ2) is 4.74. The van der Waals surface area contributed by atoms with E-state index in [2.05, 4.69) is 31.8 Å². The van der Waals surface area contributed by atoms with Crippen molar-refractivity contribution in [3.05, 3.63) is 35.5 Å². The molecule has 1 aromatic heterocycles. The highest BCUT2D eigenvalue weighted by Crippen LogP contribution is 2.24. The number of hydrogen-bond donors (Lipinski definition) is 1. The number of rotatable bonds is 4. The standard InChI is InChI=1S/C15H19NO/c1-4-10(2)8-14(17)12-9-16-13-7-5-6-11(3)15(12)13/h5-7,9-10,16H,4,8H2,1-3H3. The molecule has 0 amide bonds. The molecule has 0 saturated carbocycles. The molecule has 90 valence electrons. The van der Waals surface area contributed by atoms with Gasteiger partial charge in [0.05, 0.1) is 0 Å². The molecule has 1 heterocycles. The normalized spacial score (nSPS) is 12.9. The van der Waals surface area contributed by atoms with Gasteiger partial charge >= 0.3 is 0 Å². The van der Waals surface area contributed by atoms with Crippen LogP contribution in [0.3, 0.4) is 0 Å². The van der Waals surface area contributed by atoms with E-state index in [1.807, 2.05) is 18.3 Å². The van der Waals surface area contributed by atoms with Gasteiger partial charge in [-0.2, -0.15) is 0 Å². The maximum absolute atomic E-state index is 12.2. The Kier molecular flexibility index (Phi) is 3.32. The highest BCUT2D eigenvalue weighted by Gasteiger charge is 2.15. The van der Waals surface area contributed by atoms with Crippen molar-refractivity contribution in [3.63, 3.8) is 0 Å². The van der Waals surface area contributed by atoms with Gasteiger partial charge in [0.15, 0.2) is 5.78 Å². The van der Waals surface area contributed by atoms with Crippen LogP contribution in [-0.2, 0) is 0 Å². The van der Waals surface area contributed by atoms with Crippen molar-refractivity contribution in [2.24, 2.45) is 5.92 Å². The summed E-state index contributed by atoms with van der Waals surface area (Å²) in [7, 11) is 0. The summed E-state index contributed by atoms with van der Waals surface area (Å²) < 4.78 is 0. The Morgan fingerprint density at radius 3 is 2.88 bits per heavy atom. The Hall–Kier alpha value is -1.57. The van der Waals surface area contributed by atoms with E-state index in [1.54, 1.807) is 0 Å². The van der Waals surface area contributed by atoms with Crippen LogP contribution in [0.4, 0.5) is 0 Å². The van der Waals surface area contributed by atoms with Crippen LogP contribution in [0.5, 0.6) is 0 Å². The summed E-state index contributed by atoms with van der Waals surface area (Å²) in [6.45, 7) is 6.30. The first kappa shape index (κ1) is 11.9. The number of aromatic nitrogens is 1. The van der Waals surface area contributed by atoms with Crippen LogP contribution in [-0.4, -0.2) is 10.8 Å². The summed E-state index contributed by atoms with van der Waals surface area (Å²) >= 11 is 0. The van der Waals surface area contributed by atoms with Gasteiger partial charge in [0.25, 0.3) is 0 Å². The minimum atomic E-state index is 0.250. The first-order valence-corrected chi connectivity index (χ1v) is 6.23. The summed E-state index contributed by atoms with van der Waals surface area (Å²) in [6, 6.07) is 6.08. The minimum Gasteiger partial charge on any atom is -0.360 e. The van der Waals surface area contributed by atoms with E-state index < -0.39 is 0 Å². The van der Waals surface area contributed by atoms with Crippen molar-refractivity contribution in [3.8, 4) is 0 Å². The van der Waals surface area contributed by atoms with Gasteiger partial charge in [-0.05, 0) is 24.5 Å². The van der Waals surface area contributed by atoms with Crippen LogP contribution < -0.4 is 0 Å². The summed E-state index contributed by atoms with van der Waals surface area (Å²) in [5.74, 6) is 0.705. The molecule has 0 bridgehead atoms. The third-order valence-electron chi connectivity index (χ3n) is 3.45. The average Bonchev–Trinajstić information content (AvgIpc) is 2.74. The molecule has 1 atom stereocenters. The quantitative estimate of drug-likeness (QED) is 0.787. The fourth-order valence-corrected chi connectivity index (χ4v) is 2.16. The minimum absolute atomic E-state index is 0.250. The van der Waals surface area contributed by atoms with Crippen molar-refractivity contribution in [2.75, 3.05) is 0 Å². The van der Waals surface area contributed by atoms with E-state index in [0.717, 1.165) is 28.5 Å². The van der Waals surface area contributed by atoms with Gasteiger partial charge in [0.1, 0.15) is 0 Å². The lowest BCUT2D eigenvalue weighted by atomic mass is 9.96. The Labute approximate surface area is 102 Å². The van der Waals surface area contributed by atoms with Crippen molar-refractivity contribution in [2.45, 2.75) is 33.6 Å². The number of benzene rings is 1. The second-order valence-electron chi connectivity index (χ2n) is 4.84. The van der Waals surface area contributed by atoms with Crippen LogP contribution in [0.2, 0.25) is 0 Å². The maximum Gasteiger partial charge on any atom is 0.165 e.